The number of fused-ring (bicyclic) bond motifs is 1. The molecular formula is C15H15NO3. The highest BCUT2D eigenvalue weighted by atomic mass is 16.3. The van der Waals surface area contributed by atoms with Gasteiger partial charge in [0.05, 0.1) is 5.69 Å². The summed E-state index contributed by atoms with van der Waals surface area (Å²) < 4.78 is 5.39. The van der Waals surface area contributed by atoms with E-state index in [1.165, 1.54) is 0 Å². The summed E-state index contributed by atoms with van der Waals surface area (Å²) in [6.45, 7) is 0. The largest absolute Gasteiger partial charge is 0.462 e. The first kappa shape index (κ1) is 12.0. The van der Waals surface area contributed by atoms with Gasteiger partial charge in [-0.05, 0) is 25.0 Å². The molecule has 4 nitrogen and oxygen atoms in total. The topological polar surface area (TPSA) is 59.3 Å². The molecule has 0 unspecified atom stereocenters. The maximum atomic E-state index is 12.2. The zero-order valence-electron chi connectivity index (χ0n) is 10.5. The van der Waals surface area contributed by atoms with Crippen LogP contribution in [0.25, 0.3) is 11.0 Å². The molecule has 1 saturated carbocycles. The maximum absolute atomic E-state index is 12.2. The minimum absolute atomic E-state index is 0.0148. The third-order valence-corrected chi connectivity index (χ3v) is 3.65. The zero-order chi connectivity index (χ0) is 13.2. The third kappa shape index (κ3) is 2.38. The van der Waals surface area contributed by atoms with Crippen molar-refractivity contribution in [3.63, 3.8) is 0 Å². The van der Waals surface area contributed by atoms with Crippen molar-refractivity contribution in [3.05, 3.63) is 30.5 Å². The Bertz CT molecular complexity index is 619. The van der Waals surface area contributed by atoms with Crippen molar-refractivity contribution in [3.8, 4) is 0 Å². The van der Waals surface area contributed by atoms with Crippen LogP contribution >= 0.6 is 0 Å². The van der Waals surface area contributed by atoms with Gasteiger partial charge in [0.25, 0.3) is 0 Å². The van der Waals surface area contributed by atoms with Crippen LogP contribution in [0, 0.1) is 5.92 Å². The Kier molecular flexibility index (Phi) is 3.07. The number of carbonyl (C=O) groups is 2. The fourth-order valence-corrected chi connectivity index (χ4v) is 2.51. The summed E-state index contributed by atoms with van der Waals surface area (Å²) in [5, 5.41) is 3.81. The molecule has 0 saturated heterocycles. The van der Waals surface area contributed by atoms with Crippen LogP contribution < -0.4 is 5.32 Å². The monoisotopic (exact) mass is 257 g/mol. The molecular weight excluding hydrogens is 242 g/mol. The van der Waals surface area contributed by atoms with Gasteiger partial charge in [0.15, 0.2) is 0 Å². The minimum atomic E-state index is -0.0636. The Morgan fingerprint density at radius 2 is 1.95 bits per heavy atom. The van der Waals surface area contributed by atoms with Crippen LogP contribution in [0.5, 0.6) is 0 Å². The van der Waals surface area contributed by atoms with Gasteiger partial charge >= 0.3 is 0 Å². The Hall–Kier alpha value is -2.10. The molecule has 2 aromatic rings. The molecule has 0 spiro atoms. The molecule has 98 valence electrons. The summed E-state index contributed by atoms with van der Waals surface area (Å²) in [7, 11) is 0. The predicted molar refractivity (Wildman–Crippen MR) is 71.8 cm³/mol. The Morgan fingerprint density at radius 1 is 1.21 bits per heavy atom. The van der Waals surface area contributed by atoms with Gasteiger partial charge in [-0.2, -0.15) is 0 Å². The van der Waals surface area contributed by atoms with E-state index >= 15 is 0 Å². The van der Waals surface area contributed by atoms with E-state index in [1.807, 2.05) is 24.3 Å². The molecule has 0 atom stereocenters. The summed E-state index contributed by atoms with van der Waals surface area (Å²) in [4.78, 5) is 23.3. The second-order valence-electron chi connectivity index (χ2n) is 4.95. The van der Waals surface area contributed by atoms with E-state index in [4.69, 9.17) is 4.42 Å². The number of amides is 1. The molecule has 0 aliphatic heterocycles. The minimum Gasteiger partial charge on any atom is -0.462 e. The average molecular weight is 257 g/mol. The van der Waals surface area contributed by atoms with Crippen molar-refractivity contribution in [2.24, 2.45) is 5.92 Å². The molecule has 1 fully saturated rings. The lowest BCUT2D eigenvalue weighted by Gasteiger charge is -2.19. The van der Waals surface area contributed by atoms with Crippen molar-refractivity contribution >= 4 is 28.3 Å². The highest BCUT2D eigenvalue weighted by Crippen LogP contribution is 2.28. The second-order valence-corrected chi connectivity index (χ2v) is 4.95. The summed E-state index contributed by atoms with van der Waals surface area (Å²) in [5.41, 5.74) is 1.47. The summed E-state index contributed by atoms with van der Waals surface area (Å²) in [6.07, 6.45) is 3.91. The van der Waals surface area contributed by atoms with E-state index in [2.05, 4.69) is 5.32 Å². The first-order valence-electron chi connectivity index (χ1n) is 6.53. The highest BCUT2D eigenvalue weighted by Gasteiger charge is 2.25. The van der Waals surface area contributed by atoms with Crippen LogP contribution in [0.15, 0.2) is 34.9 Å². The van der Waals surface area contributed by atoms with E-state index < -0.39 is 0 Å². The van der Waals surface area contributed by atoms with Crippen LogP contribution in [0.4, 0.5) is 5.69 Å². The predicted octanol–water partition coefficient (Wildman–Crippen LogP) is 3.13. The molecule has 19 heavy (non-hydrogen) atoms. The molecule has 1 N–H and O–H groups in total. The number of anilines is 1. The van der Waals surface area contributed by atoms with E-state index in [1.54, 1.807) is 6.26 Å². The van der Waals surface area contributed by atoms with Crippen molar-refractivity contribution < 1.29 is 14.0 Å². The van der Waals surface area contributed by atoms with Gasteiger partial charge in [-0.15, -0.1) is 0 Å². The van der Waals surface area contributed by atoms with Crippen molar-refractivity contribution in [1.29, 1.82) is 0 Å². The van der Waals surface area contributed by atoms with Gasteiger partial charge < -0.3 is 9.73 Å². The number of para-hydroxylation sites is 1. The third-order valence-electron chi connectivity index (χ3n) is 3.65. The van der Waals surface area contributed by atoms with Crippen LogP contribution in [0.1, 0.15) is 25.7 Å². The number of hydrogen-bond donors (Lipinski definition) is 1. The number of nitrogens with one attached hydrogen (secondary N) is 1. The molecule has 1 aliphatic carbocycles. The highest BCUT2D eigenvalue weighted by molar-refractivity contribution is 6.01. The lowest BCUT2D eigenvalue weighted by molar-refractivity contribution is -0.125. The van der Waals surface area contributed by atoms with Crippen molar-refractivity contribution in [1.82, 2.24) is 0 Å². The smallest absolute Gasteiger partial charge is 0.227 e. The quantitative estimate of drug-likeness (QED) is 0.899. The Morgan fingerprint density at radius 3 is 2.74 bits per heavy atom. The van der Waals surface area contributed by atoms with Gasteiger partial charge in [0, 0.05) is 24.1 Å². The first-order valence-corrected chi connectivity index (χ1v) is 6.53. The molecule has 0 radical (unpaired) electrons. The average Bonchev–Trinajstić information content (AvgIpc) is 2.83. The number of hydrogen-bond acceptors (Lipinski definition) is 3. The fourth-order valence-electron chi connectivity index (χ4n) is 2.51. The van der Waals surface area contributed by atoms with Crippen LogP contribution in [-0.2, 0) is 9.59 Å². The molecule has 1 amide bonds. The van der Waals surface area contributed by atoms with E-state index in [-0.39, 0.29) is 17.6 Å². The maximum Gasteiger partial charge on any atom is 0.227 e. The Balaban J connectivity index is 1.74. The standard InChI is InChI=1S/C15H15NO3/c17-11-7-5-10(6-8-11)15(18)16-13-9-19-14-4-2-1-3-12(13)14/h1-4,9-10H,5-8H2,(H,16,18). The molecule has 3 rings (SSSR count). The summed E-state index contributed by atoms with van der Waals surface area (Å²) in [5.74, 6) is 0.184. The number of furan rings is 1. The van der Waals surface area contributed by atoms with Crippen molar-refractivity contribution in [2.45, 2.75) is 25.7 Å². The van der Waals surface area contributed by atoms with E-state index in [0.29, 0.717) is 31.4 Å². The lowest BCUT2D eigenvalue weighted by atomic mass is 9.88. The van der Waals surface area contributed by atoms with Gasteiger partial charge in [-0.3, -0.25) is 9.59 Å². The van der Waals surface area contributed by atoms with Crippen LogP contribution in [0.2, 0.25) is 0 Å². The lowest BCUT2D eigenvalue weighted by Crippen LogP contribution is -2.27. The van der Waals surface area contributed by atoms with E-state index in [9.17, 15) is 9.59 Å². The van der Waals surface area contributed by atoms with E-state index in [0.717, 1.165) is 11.0 Å². The Labute approximate surface area is 110 Å². The van der Waals surface area contributed by atoms with Crippen LogP contribution in [0.3, 0.4) is 0 Å². The van der Waals surface area contributed by atoms with Gasteiger partial charge in [-0.25, -0.2) is 0 Å². The summed E-state index contributed by atoms with van der Waals surface area (Å²) >= 11 is 0. The number of benzene rings is 1. The number of Topliss-reactive ketones (excluding diaryl/α,β-unsaturated/α-hetero) is 1. The molecule has 1 aromatic heterocycles. The van der Waals surface area contributed by atoms with Crippen LogP contribution in [-0.4, -0.2) is 11.7 Å². The fraction of sp³-hybridized carbons (Fsp3) is 0.333. The molecule has 1 heterocycles. The molecule has 4 heteroatoms. The number of rotatable bonds is 2. The molecule has 1 aliphatic rings. The number of carbonyl (C=O) groups excluding carboxylic acids is 2. The SMILES string of the molecule is O=C1CCC(C(=O)Nc2coc3ccccc23)CC1. The van der Waals surface area contributed by atoms with Gasteiger partial charge in [0.1, 0.15) is 17.6 Å². The second kappa shape index (κ2) is 4.88. The first-order chi connectivity index (χ1) is 9.24. The van der Waals surface area contributed by atoms with Gasteiger partial charge in [0.2, 0.25) is 5.91 Å². The zero-order valence-corrected chi connectivity index (χ0v) is 10.5. The summed E-state index contributed by atoms with van der Waals surface area (Å²) in [6, 6.07) is 7.58. The van der Waals surface area contributed by atoms with Gasteiger partial charge in [-0.1, -0.05) is 12.1 Å². The normalized spacial score (nSPS) is 16.7. The van der Waals surface area contributed by atoms with Crippen molar-refractivity contribution in [2.75, 3.05) is 5.32 Å². The molecule has 1 aromatic carbocycles. The molecule has 0 bridgehead atoms. The number of ketones is 1.